The molecule has 21 heavy (non-hydrogen) atoms. The van der Waals surface area contributed by atoms with Gasteiger partial charge in [-0.15, -0.1) is 11.3 Å². The van der Waals surface area contributed by atoms with Gasteiger partial charge in [-0.05, 0) is 12.5 Å². The molecule has 0 aliphatic heterocycles. The largest absolute Gasteiger partial charge is 0.383 e. The molecule has 0 aliphatic rings. The van der Waals surface area contributed by atoms with E-state index in [0.29, 0.717) is 25.5 Å². The molecule has 2 N–H and O–H groups in total. The van der Waals surface area contributed by atoms with Crippen molar-refractivity contribution in [2.24, 2.45) is 0 Å². The van der Waals surface area contributed by atoms with Gasteiger partial charge in [0, 0.05) is 24.0 Å². The second-order valence-corrected chi connectivity index (χ2v) is 5.53. The Morgan fingerprint density at radius 3 is 2.76 bits per heavy atom. The fraction of sp³-hybridized carbons (Fsp3) is 0.250. The summed E-state index contributed by atoms with van der Waals surface area (Å²) in [4.78, 5) is 9.96. The minimum Gasteiger partial charge on any atom is -0.383 e. The van der Waals surface area contributed by atoms with Crippen LogP contribution in [0.4, 0.5) is 5.82 Å². The van der Waals surface area contributed by atoms with Gasteiger partial charge in [0.1, 0.15) is 16.5 Å². The van der Waals surface area contributed by atoms with Crippen LogP contribution in [0.5, 0.6) is 0 Å². The molecule has 108 valence electrons. The number of fused-ring (bicyclic) bond motifs is 1. The Balaban J connectivity index is 1.99. The maximum atomic E-state index is 6.16. The average molecular weight is 299 g/mol. The number of hydrogen-bond acceptors (Lipinski definition) is 5. The van der Waals surface area contributed by atoms with Gasteiger partial charge in [-0.1, -0.05) is 30.3 Å². The normalized spacial score (nSPS) is 11.1. The molecule has 0 bridgehead atoms. The zero-order valence-corrected chi connectivity index (χ0v) is 12.7. The van der Waals surface area contributed by atoms with Crippen LogP contribution in [0.1, 0.15) is 12.7 Å². The Labute approximate surface area is 127 Å². The SMILES string of the molecule is CCOCCc1nc(N)c2c(-c3ccccc3)csc2n1. The second-order valence-electron chi connectivity index (χ2n) is 4.67. The number of anilines is 1. The van der Waals surface area contributed by atoms with Crippen molar-refractivity contribution in [3.8, 4) is 11.1 Å². The molecule has 2 heterocycles. The summed E-state index contributed by atoms with van der Waals surface area (Å²) in [5.41, 5.74) is 8.40. The first-order valence-corrected chi connectivity index (χ1v) is 7.84. The number of aromatic nitrogens is 2. The maximum Gasteiger partial charge on any atom is 0.136 e. The lowest BCUT2D eigenvalue weighted by atomic mass is 10.1. The molecule has 0 radical (unpaired) electrons. The highest BCUT2D eigenvalue weighted by atomic mass is 32.1. The lowest BCUT2D eigenvalue weighted by Gasteiger charge is -2.05. The molecule has 3 aromatic rings. The first-order chi connectivity index (χ1) is 10.3. The van der Waals surface area contributed by atoms with E-state index >= 15 is 0 Å². The minimum atomic E-state index is 0.548. The van der Waals surface area contributed by atoms with Crippen LogP contribution in [0.2, 0.25) is 0 Å². The number of thiophene rings is 1. The standard InChI is InChI=1S/C16H17N3OS/c1-2-20-9-8-13-18-15(17)14-12(10-21-16(14)19-13)11-6-4-3-5-7-11/h3-7,10H,2,8-9H2,1H3,(H2,17,18,19). The number of nitrogens with zero attached hydrogens (tertiary/aromatic N) is 2. The molecule has 2 aromatic heterocycles. The summed E-state index contributed by atoms with van der Waals surface area (Å²) in [5, 5.41) is 3.04. The van der Waals surface area contributed by atoms with Crippen LogP contribution in [-0.4, -0.2) is 23.2 Å². The first kappa shape index (κ1) is 14.0. The van der Waals surface area contributed by atoms with Crippen molar-refractivity contribution in [3.63, 3.8) is 0 Å². The van der Waals surface area contributed by atoms with E-state index in [1.807, 2.05) is 25.1 Å². The van der Waals surface area contributed by atoms with E-state index < -0.39 is 0 Å². The topological polar surface area (TPSA) is 61.0 Å². The molecule has 0 saturated heterocycles. The Bertz CT molecular complexity index is 740. The van der Waals surface area contributed by atoms with Gasteiger partial charge in [0.05, 0.1) is 12.0 Å². The van der Waals surface area contributed by atoms with E-state index in [0.717, 1.165) is 27.2 Å². The molecule has 0 unspecified atom stereocenters. The Kier molecular flexibility index (Phi) is 4.13. The molecular weight excluding hydrogens is 282 g/mol. The van der Waals surface area contributed by atoms with Gasteiger partial charge in [-0.25, -0.2) is 9.97 Å². The van der Waals surface area contributed by atoms with Crippen LogP contribution in [0.25, 0.3) is 21.3 Å². The van der Waals surface area contributed by atoms with E-state index in [1.54, 1.807) is 11.3 Å². The van der Waals surface area contributed by atoms with Crippen LogP contribution >= 0.6 is 11.3 Å². The van der Waals surface area contributed by atoms with Crippen molar-refractivity contribution in [1.82, 2.24) is 9.97 Å². The number of benzene rings is 1. The van der Waals surface area contributed by atoms with Crippen LogP contribution in [0.3, 0.4) is 0 Å². The molecule has 0 amide bonds. The molecule has 5 heteroatoms. The van der Waals surface area contributed by atoms with Crippen LogP contribution in [0.15, 0.2) is 35.7 Å². The van der Waals surface area contributed by atoms with Gasteiger partial charge in [-0.2, -0.15) is 0 Å². The predicted octanol–water partition coefficient (Wildman–Crippen LogP) is 3.52. The second kappa shape index (κ2) is 6.20. The predicted molar refractivity (Wildman–Crippen MR) is 87.5 cm³/mol. The summed E-state index contributed by atoms with van der Waals surface area (Å²) in [6.45, 7) is 3.30. The molecule has 0 saturated carbocycles. The van der Waals surface area contributed by atoms with Crippen molar-refractivity contribution in [2.75, 3.05) is 18.9 Å². The zero-order chi connectivity index (χ0) is 14.7. The highest BCUT2D eigenvalue weighted by Crippen LogP contribution is 2.35. The third-order valence-corrected chi connectivity index (χ3v) is 4.14. The average Bonchev–Trinajstić information content (AvgIpc) is 2.93. The smallest absolute Gasteiger partial charge is 0.136 e. The molecular formula is C16H17N3OS. The lowest BCUT2D eigenvalue weighted by molar-refractivity contribution is 0.149. The fourth-order valence-corrected chi connectivity index (χ4v) is 3.24. The van der Waals surface area contributed by atoms with Gasteiger partial charge in [0.15, 0.2) is 0 Å². The minimum absolute atomic E-state index is 0.548. The monoisotopic (exact) mass is 299 g/mol. The summed E-state index contributed by atoms with van der Waals surface area (Å²) >= 11 is 1.60. The van der Waals surface area contributed by atoms with E-state index in [2.05, 4.69) is 27.5 Å². The quantitative estimate of drug-likeness (QED) is 0.732. The van der Waals surface area contributed by atoms with E-state index in [9.17, 15) is 0 Å². The van der Waals surface area contributed by atoms with Gasteiger partial charge in [0.25, 0.3) is 0 Å². The van der Waals surface area contributed by atoms with Crippen LogP contribution in [-0.2, 0) is 11.2 Å². The summed E-state index contributed by atoms with van der Waals surface area (Å²) in [6, 6.07) is 10.2. The first-order valence-electron chi connectivity index (χ1n) is 6.96. The van der Waals surface area contributed by atoms with Crippen molar-refractivity contribution >= 4 is 27.4 Å². The maximum absolute atomic E-state index is 6.16. The third kappa shape index (κ3) is 2.89. The van der Waals surface area contributed by atoms with Crippen molar-refractivity contribution in [2.45, 2.75) is 13.3 Å². The number of rotatable bonds is 5. The van der Waals surface area contributed by atoms with Crippen molar-refractivity contribution < 1.29 is 4.74 Å². The van der Waals surface area contributed by atoms with Gasteiger partial charge >= 0.3 is 0 Å². The molecule has 0 atom stereocenters. The van der Waals surface area contributed by atoms with Gasteiger partial charge < -0.3 is 10.5 Å². The van der Waals surface area contributed by atoms with E-state index in [4.69, 9.17) is 10.5 Å². The Hall–Kier alpha value is -1.98. The molecule has 0 aliphatic carbocycles. The zero-order valence-electron chi connectivity index (χ0n) is 11.9. The van der Waals surface area contributed by atoms with Crippen molar-refractivity contribution in [3.05, 3.63) is 41.5 Å². The van der Waals surface area contributed by atoms with Crippen molar-refractivity contribution in [1.29, 1.82) is 0 Å². The number of nitrogens with two attached hydrogens (primary N) is 1. The van der Waals surface area contributed by atoms with E-state index in [1.165, 1.54) is 0 Å². The molecule has 0 fully saturated rings. The third-order valence-electron chi connectivity index (χ3n) is 3.27. The molecule has 4 nitrogen and oxygen atoms in total. The Morgan fingerprint density at radius 1 is 1.19 bits per heavy atom. The fourth-order valence-electron chi connectivity index (χ4n) is 2.26. The summed E-state index contributed by atoms with van der Waals surface area (Å²) in [5.74, 6) is 1.29. The van der Waals surface area contributed by atoms with Gasteiger partial charge in [-0.3, -0.25) is 0 Å². The highest BCUT2D eigenvalue weighted by molar-refractivity contribution is 7.17. The number of nitrogen functional groups attached to an aromatic ring is 1. The summed E-state index contributed by atoms with van der Waals surface area (Å²) < 4.78 is 5.35. The summed E-state index contributed by atoms with van der Waals surface area (Å²) in [7, 11) is 0. The van der Waals surface area contributed by atoms with Gasteiger partial charge in [0.2, 0.25) is 0 Å². The Morgan fingerprint density at radius 2 is 2.00 bits per heavy atom. The lowest BCUT2D eigenvalue weighted by Crippen LogP contribution is -2.04. The molecule has 0 spiro atoms. The molecule has 3 rings (SSSR count). The number of hydrogen-bond donors (Lipinski definition) is 1. The highest BCUT2D eigenvalue weighted by Gasteiger charge is 2.13. The van der Waals surface area contributed by atoms with E-state index in [-0.39, 0.29) is 0 Å². The van der Waals surface area contributed by atoms with Crippen LogP contribution in [0, 0.1) is 0 Å². The molecule has 1 aromatic carbocycles. The number of ether oxygens (including phenoxy) is 1. The summed E-state index contributed by atoms with van der Waals surface area (Å²) in [6.07, 6.45) is 0.687. The van der Waals surface area contributed by atoms with Crippen LogP contribution < -0.4 is 5.73 Å².